The van der Waals surface area contributed by atoms with Gasteiger partial charge in [-0.2, -0.15) is 0 Å². The monoisotopic (exact) mass is 439 g/mol. The van der Waals surface area contributed by atoms with E-state index < -0.39 is 0 Å². The molecule has 2 heterocycles. The number of rotatable bonds is 3. The van der Waals surface area contributed by atoms with Gasteiger partial charge in [-0.1, -0.05) is 109 Å². The van der Waals surface area contributed by atoms with E-state index in [4.69, 9.17) is 4.42 Å². The highest BCUT2D eigenvalue weighted by Crippen LogP contribution is 2.67. The molecule has 5 aromatic rings. The van der Waals surface area contributed by atoms with Gasteiger partial charge in [0, 0.05) is 12.1 Å². The first-order chi connectivity index (χ1) is 16.9. The molecule has 2 aliphatic rings. The molecule has 4 aromatic carbocycles. The number of nitrogens with one attached hydrogen (secondary N) is 1. The van der Waals surface area contributed by atoms with Crippen LogP contribution in [0.4, 0.5) is 0 Å². The zero-order valence-corrected chi connectivity index (χ0v) is 18.8. The lowest BCUT2D eigenvalue weighted by Crippen LogP contribution is -2.36. The fourth-order valence-corrected chi connectivity index (χ4v) is 6.61. The second-order valence-electron chi connectivity index (χ2n) is 9.35. The van der Waals surface area contributed by atoms with Gasteiger partial charge in [0.15, 0.2) is 0 Å². The summed E-state index contributed by atoms with van der Waals surface area (Å²) in [6.07, 6.45) is 1.81. The van der Waals surface area contributed by atoms with Crippen molar-refractivity contribution in [2.75, 3.05) is 0 Å². The molecule has 1 aromatic heterocycles. The lowest BCUT2D eigenvalue weighted by atomic mass is 9.62. The minimum atomic E-state index is -0.313. The van der Waals surface area contributed by atoms with Crippen molar-refractivity contribution < 1.29 is 4.42 Å². The predicted octanol–water partition coefficient (Wildman–Crippen LogP) is 7.42. The third-order valence-corrected chi connectivity index (χ3v) is 7.80. The second-order valence-corrected chi connectivity index (χ2v) is 9.35. The van der Waals surface area contributed by atoms with Crippen LogP contribution in [-0.4, -0.2) is 0 Å². The Morgan fingerprint density at radius 2 is 1.12 bits per heavy atom. The van der Waals surface area contributed by atoms with Gasteiger partial charge in [0.2, 0.25) is 0 Å². The maximum atomic E-state index is 6.23. The van der Waals surface area contributed by atoms with E-state index in [9.17, 15) is 0 Å². The highest BCUT2D eigenvalue weighted by Gasteiger charge is 2.62. The van der Waals surface area contributed by atoms with Crippen molar-refractivity contribution in [3.63, 3.8) is 0 Å². The minimum absolute atomic E-state index is 0.0822. The molecule has 164 valence electrons. The average molecular weight is 440 g/mol. The first kappa shape index (κ1) is 19.6. The summed E-state index contributed by atoms with van der Waals surface area (Å²) in [7, 11) is 0. The summed E-state index contributed by atoms with van der Waals surface area (Å²) in [6, 6.07) is 44.0. The van der Waals surface area contributed by atoms with E-state index in [0.29, 0.717) is 0 Å². The van der Waals surface area contributed by atoms with Crippen molar-refractivity contribution in [3.05, 3.63) is 156 Å². The normalized spacial score (nSPS) is 21.9. The minimum Gasteiger partial charge on any atom is -0.469 e. The van der Waals surface area contributed by atoms with Gasteiger partial charge in [0.1, 0.15) is 5.76 Å². The second kappa shape index (κ2) is 7.58. The molecule has 34 heavy (non-hydrogen) atoms. The summed E-state index contributed by atoms with van der Waals surface area (Å²) in [5.74, 6) is 1.10. The highest BCUT2D eigenvalue weighted by molar-refractivity contribution is 5.83. The van der Waals surface area contributed by atoms with E-state index in [1.165, 1.54) is 33.4 Å². The quantitative estimate of drug-likeness (QED) is 0.316. The Labute approximate surface area is 199 Å². The van der Waals surface area contributed by atoms with Gasteiger partial charge in [0.05, 0.1) is 17.6 Å². The van der Waals surface area contributed by atoms with Crippen LogP contribution in [0.1, 0.15) is 46.0 Å². The largest absolute Gasteiger partial charge is 0.469 e. The van der Waals surface area contributed by atoms with E-state index >= 15 is 0 Å². The van der Waals surface area contributed by atoms with Crippen LogP contribution in [0.3, 0.4) is 0 Å². The Morgan fingerprint density at radius 3 is 1.71 bits per heavy atom. The molecule has 2 heteroatoms. The summed E-state index contributed by atoms with van der Waals surface area (Å²) in [6.45, 7) is 0. The van der Waals surface area contributed by atoms with E-state index in [1.807, 2.05) is 12.3 Å². The Hall–Kier alpha value is -3.88. The molecule has 1 aliphatic heterocycles. The van der Waals surface area contributed by atoms with Crippen molar-refractivity contribution in [2.24, 2.45) is 0 Å². The fourth-order valence-electron chi connectivity index (χ4n) is 6.61. The molecule has 0 saturated carbocycles. The predicted molar refractivity (Wildman–Crippen MR) is 136 cm³/mol. The van der Waals surface area contributed by atoms with Crippen LogP contribution < -0.4 is 5.32 Å². The Balaban J connectivity index is 1.60. The van der Waals surface area contributed by atoms with E-state index in [0.717, 1.165) is 5.76 Å². The third-order valence-electron chi connectivity index (χ3n) is 7.80. The zero-order valence-electron chi connectivity index (χ0n) is 18.8. The molecule has 0 unspecified atom stereocenters. The van der Waals surface area contributed by atoms with Gasteiger partial charge in [0.25, 0.3) is 0 Å². The SMILES string of the molecule is c1ccc([C@H]2N[C@@H](c3ccccc3)[C@@H](c3ccco3)C23c2ccccc2-c2ccccc23)cc1. The maximum absolute atomic E-state index is 6.23. The molecule has 1 fully saturated rings. The summed E-state index contributed by atoms with van der Waals surface area (Å²) in [5.41, 5.74) is 7.66. The van der Waals surface area contributed by atoms with Crippen molar-refractivity contribution in [1.82, 2.24) is 5.32 Å². The first-order valence-corrected chi connectivity index (χ1v) is 12.0. The Bertz CT molecular complexity index is 1390. The van der Waals surface area contributed by atoms with Crippen LogP contribution in [0.15, 0.2) is 132 Å². The lowest BCUT2D eigenvalue weighted by Gasteiger charge is -2.38. The van der Waals surface area contributed by atoms with Crippen LogP contribution in [-0.2, 0) is 5.41 Å². The van der Waals surface area contributed by atoms with E-state index in [1.54, 1.807) is 0 Å². The van der Waals surface area contributed by atoms with E-state index in [2.05, 4.69) is 121 Å². The van der Waals surface area contributed by atoms with Crippen molar-refractivity contribution >= 4 is 0 Å². The van der Waals surface area contributed by atoms with Crippen LogP contribution in [0.5, 0.6) is 0 Å². The summed E-state index contributed by atoms with van der Waals surface area (Å²) < 4.78 is 6.23. The van der Waals surface area contributed by atoms with Crippen LogP contribution in [0.25, 0.3) is 11.1 Å². The number of furan rings is 1. The molecule has 1 spiro atoms. The smallest absolute Gasteiger partial charge is 0.110 e. The Morgan fingerprint density at radius 1 is 0.559 bits per heavy atom. The molecule has 0 amide bonds. The summed E-state index contributed by atoms with van der Waals surface area (Å²) in [4.78, 5) is 0. The number of fused-ring (bicyclic) bond motifs is 5. The number of hydrogen-bond acceptors (Lipinski definition) is 2. The van der Waals surface area contributed by atoms with E-state index in [-0.39, 0.29) is 23.4 Å². The zero-order chi connectivity index (χ0) is 22.5. The lowest BCUT2D eigenvalue weighted by molar-refractivity contribution is 0.359. The molecule has 1 N–H and O–H groups in total. The highest BCUT2D eigenvalue weighted by atomic mass is 16.3. The molecular weight excluding hydrogens is 414 g/mol. The topological polar surface area (TPSA) is 25.2 Å². The fraction of sp³-hybridized carbons (Fsp3) is 0.125. The van der Waals surface area contributed by atoms with Crippen molar-refractivity contribution in [1.29, 1.82) is 0 Å². The Kier molecular flexibility index (Phi) is 4.36. The molecule has 0 radical (unpaired) electrons. The third kappa shape index (κ3) is 2.60. The maximum Gasteiger partial charge on any atom is 0.110 e. The standard InChI is InChI=1S/C32H25NO/c1-3-12-22(13-4-1)30-29(28-20-11-21-34-28)32(31(33-30)23-14-5-2-6-15-23)26-18-9-7-16-24(26)25-17-8-10-19-27(25)32/h1-21,29-31,33H/t29-,30+,31-/m1/s1. The average Bonchev–Trinajstić information content (AvgIpc) is 3.62. The first-order valence-electron chi connectivity index (χ1n) is 12.0. The van der Waals surface area contributed by atoms with Gasteiger partial charge in [-0.05, 0) is 45.5 Å². The van der Waals surface area contributed by atoms with Crippen LogP contribution >= 0.6 is 0 Å². The van der Waals surface area contributed by atoms with Crippen LogP contribution in [0, 0.1) is 0 Å². The molecular formula is C32H25NO. The van der Waals surface area contributed by atoms with Crippen molar-refractivity contribution in [3.8, 4) is 11.1 Å². The van der Waals surface area contributed by atoms with Gasteiger partial charge in [-0.15, -0.1) is 0 Å². The molecule has 3 atom stereocenters. The van der Waals surface area contributed by atoms with Gasteiger partial charge in [-0.3, -0.25) is 0 Å². The molecule has 1 aliphatic carbocycles. The molecule has 0 bridgehead atoms. The van der Waals surface area contributed by atoms with Gasteiger partial charge in [-0.25, -0.2) is 0 Å². The number of benzene rings is 4. The summed E-state index contributed by atoms with van der Waals surface area (Å²) >= 11 is 0. The molecule has 7 rings (SSSR count). The number of hydrogen-bond donors (Lipinski definition) is 1. The summed E-state index contributed by atoms with van der Waals surface area (Å²) in [5, 5.41) is 4.12. The van der Waals surface area contributed by atoms with Crippen LogP contribution in [0.2, 0.25) is 0 Å². The van der Waals surface area contributed by atoms with Crippen molar-refractivity contribution in [2.45, 2.75) is 23.4 Å². The molecule has 2 nitrogen and oxygen atoms in total. The van der Waals surface area contributed by atoms with Gasteiger partial charge < -0.3 is 9.73 Å². The van der Waals surface area contributed by atoms with Gasteiger partial charge >= 0.3 is 0 Å². The molecule has 1 saturated heterocycles.